The lowest BCUT2D eigenvalue weighted by Crippen LogP contribution is -2.45. The average Bonchev–Trinajstić information content (AvgIpc) is 2.76. The fraction of sp³-hybridized carbons (Fsp3) is 1.00. The minimum Gasteiger partial charge on any atom is -0.377 e. The SMILES string of the molecule is CC(CNC(C)(C)C)C(C)N(C)CC1CCCO1. The van der Waals surface area contributed by atoms with Crippen LogP contribution in [-0.4, -0.2) is 49.3 Å². The van der Waals surface area contributed by atoms with E-state index in [1.165, 1.54) is 12.8 Å². The molecule has 3 unspecified atom stereocenters. The van der Waals surface area contributed by atoms with Crippen LogP contribution in [0.25, 0.3) is 0 Å². The topological polar surface area (TPSA) is 24.5 Å². The molecule has 0 radical (unpaired) electrons. The highest BCUT2D eigenvalue weighted by Gasteiger charge is 2.23. The normalized spacial score (nSPS) is 24.5. The van der Waals surface area contributed by atoms with Gasteiger partial charge in [-0.2, -0.15) is 0 Å². The molecule has 0 aromatic rings. The van der Waals surface area contributed by atoms with Crippen molar-refractivity contribution in [2.24, 2.45) is 5.92 Å². The van der Waals surface area contributed by atoms with Crippen LogP contribution < -0.4 is 5.32 Å². The fourth-order valence-electron chi connectivity index (χ4n) is 2.35. The summed E-state index contributed by atoms with van der Waals surface area (Å²) >= 11 is 0. The number of likely N-dealkylation sites (N-methyl/N-ethyl adjacent to an activating group) is 1. The summed E-state index contributed by atoms with van der Waals surface area (Å²) in [5.74, 6) is 0.649. The number of rotatable bonds is 6. The number of nitrogens with one attached hydrogen (secondary N) is 1. The first kappa shape index (κ1) is 15.9. The molecule has 1 aliphatic rings. The molecule has 0 aromatic carbocycles. The van der Waals surface area contributed by atoms with Crippen LogP contribution >= 0.6 is 0 Å². The van der Waals surface area contributed by atoms with E-state index in [9.17, 15) is 0 Å². The largest absolute Gasteiger partial charge is 0.377 e. The molecule has 18 heavy (non-hydrogen) atoms. The molecule has 1 saturated heterocycles. The lowest BCUT2D eigenvalue weighted by molar-refractivity contribution is 0.0610. The third-order valence-electron chi connectivity index (χ3n) is 3.99. The molecular weight excluding hydrogens is 224 g/mol. The monoisotopic (exact) mass is 256 g/mol. The van der Waals surface area contributed by atoms with Gasteiger partial charge in [-0.1, -0.05) is 6.92 Å². The molecule has 3 atom stereocenters. The van der Waals surface area contributed by atoms with Crippen molar-refractivity contribution in [2.45, 2.75) is 65.1 Å². The predicted molar refractivity (Wildman–Crippen MR) is 78.0 cm³/mol. The zero-order valence-electron chi connectivity index (χ0n) is 13.1. The Kier molecular flexibility index (Phi) is 6.09. The molecule has 0 aliphatic carbocycles. The van der Waals surface area contributed by atoms with Gasteiger partial charge >= 0.3 is 0 Å². The van der Waals surface area contributed by atoms with E-state index in [0.717, 1.165) is 19.7 Å². The summed E-state index contributed by atoms with van der Waals surface area (Å²) in [6.07, 6.45) is 2.92. The molecule has 108 valence electrons. The third kappa shape index (κ3) is 5.68. The molecule has 0 amide bonds. The van der Waals surface area contributed by atoms with Crippen molar-refractivity contribution >= 4 is 0 Å². The first-order valence-electron chi connectivity index (χ1n) is 7.36. The molecule has 1 N–H and O–H groups in total. The molecule has 3 heteroatoms. The molecule has 1 rings (SSSR count). The van der Waals surface area contributed by atoms with Crippen LogP contribution in [0.1, 0.15) is 47.5 Å². The average molecular weight is 256 g/mol. The quantitative estimate of drug-likeness (QED) is 0.790. The van der Waals surface area contributed by atoms with Crippen LogP contribution in [0.2, 0.25) is 0 Å². The van der Waals surface area contributed by atoms with Crippen LogP contribution in [-0.2, 0) is 4.74 Å². The van der Waals surface area contributed by atoms with Crippen molar-refractivity contribution in [3.63, 3.8) is 0 Å². The molecular formula is C15H32N2O. The lowest BCUT2D eigenvalue weighted by atomic mass is 10.00. The first-order chi connectivity index (χ1) is 8.29. The summed E-state index contributed by atoms with van der Waals surface area (Å²) in [5, 5.41) is 3.59. The maximum absolute atomic E-state index is 5.71. The summed E-state index contributed by atoms with van der Waals surface area (Å²) in [6, 6.07) is 0.587. The van der Waals surface area contributed by atoms with Gasteiger partial charge in [0.15, 0.2) is 0 Å². The van der Waals surface area contributed by atoms with Gasteiger partial charge in [0, 0.05) is 24.7 Å². The fourth-order valence-corrected chi connectivity index (χ4v) is 2.35. The van der Waals surface area contributed by atoms with Gasteiger partial charge in [0.1, 0.15) is 0 Å². The predicted octanol–water partition coefficient (Wildman–Crippen LogP) is 2.51. The van der Waals surface area contributed by atoms with Crippen LogP contribution in [0.5, 0.6) is 0 Å². The Morgan fingerprint density at radius 2 is 2.00 bits per heavy atom. The van der Waals surface area contributed by atoms with Gasteiger partial charge in [-0.25, -0.2) is 0 Å². The Morgan fingerprint density at radius 1 is 1.33 bits per heavy atom. The standard InChI is InChI=1S/C15H32N2O/c1-12(10-16-15(3,4)5)13(2)17(6)11-14-8-7-9-18-14/h12-14,16H,7-11H2,1-6H3. The van der Waals surface area contributed by atoms with Crippen molar-refractivity contribution in [1.82, 2.24) is 10.2 Å². The molecule has 1 aliphatic heterocycles. The van der Waals surface area contributed by atoms with E-state index in [1.54, 1.807) is 0 Å². The van der Waals surface area contributed by atoms with E-state index in [2.05, 4.69) is 51.9 Å². The van der Waals surface area contributed by atoms with E-state index < -0.39 is 0 Å². The zero-order valence-corrected chi connectivity index (χ0v) is 13.1. The Hall–Kier alpha value is -0.120. The molecule has 3 nitrogen and oxygen atoms in total. The minimum absolute atomic E-state index is 0.209. The smallest absolute Gasteiger partial charge is 0.0702 e. The summed E-state index contributed by atoms with van der Waals surface area (Å²) in [7, 11) is 2.22. The zero-order chi connectivity index (χ0) is 13.8. The molecule has 1 fully saturated rings. The van der Waals surface area contributed by atoms with Crippen LogP contribution in [0, 0.1) is 5.92 Å². The second kappa shape index (κ2) is 6.88. The van der Waals surface area contributed by atoms with E-state index in [4.69, 9.17) is 4.74 Å². The van der Waals surface area contributed by atoms with Crippen molar-refractivity contribution in [3.05, 3.63) is 0 Å². The van der Waals surface area contributed by atoms with E-state index in [1.807, 2.05) is 0 Å². The van der Waals surface area contributed by atoms with E-state index in [-0.39, 0.29) is 5.54 Å². The van der Waals surface area contributed by atoms with E-state index >= 15 is 0 Å². The van der Waals surface area contributed by atoms with Gasteiger partial charge in [-0.05, 0) is 60.0 Å². The Labute approximate surface area is 113 Å². The Bertz CT molecular complexity index is 231. The van der Waals surface area contributed by atoms with Crippen molar-refractivity contribution in [3.8, 4) is 0 Å². The maximum Gasteiger partial charge on any atom is 0.0702 e. The van der Waals surface area contributed by atoms with Gasteiger partial charge in [0.05, 0.1) is 6.10 Å². The van der Waals surface area contributed by atoms with Crippen LogP contribution in [0.15, 0.2) is 0 Å². The number of hydrogen-bond donors (Lipinski definition) is 1. The highest BCUT2D eigenvalue weighted by molar-refractivity contribution is 4.79. The van der Waals surface area contributed by atoms with Crippen molar-refractivity contribution in [2.75, 3.05) is 26.7 Å². The molecule has 1 heterocycles. The highest BCUT2D eigenvalue weighted by atomic mass is 16.5. The summed E-state index contributed by atoms with van der Waals surface area (Å²) in [6.45, 7) is 14.4. The van der Waals surface area contributed by atoms with Gasteiger partial charge in [0.25, 0.3) is 0 Å². The second-order valence-electron chi connectivity index (χ2n) is 6.92. The number of hydrogen-bond acceptors (Lipinski definition) is 3. The highest BCUT2D eigenvalue weighted by Crippen LogP contribution is 2.16. The lowest BCUT2D eigenvalue weighted by Gasteiger charge is -2.33. The molecule has 0 aromatic heterocycles. The maximum atomic E-state index is 5.71. The molecule has 0 spiro atoms. The number of nitrogens with zero attached hydrogens (tertiary/aromatic N) is 1. The van der Waals surface area contributed by atoms with Crippen molar-refractivity contribution < 1.29 is 4.74 Å². The van der Waals surface area contributed by atoms with E-state index in [0.29, 0.717) is 18.1 Å². The minimum atomic E-state index is 0.209. The van der Waals surface area contributed by atoms with Gasteiger partial charge in [-0.15, -0.1) is 0 Å². The summed E-state index contributed by atoms with van der Waals surface area (Å²) in [5.41, 5.74) is 0.209. The first-order valence-corrected chi connectivity index (χ1v) is 7.36. The summed E-state index contributed by atoms with van der Waals surface area (Å²) in [4.78, 5) is 2.45. The van der Waals surface area contributed by atoms with Gasteiger partial charge < -0.3 is 15.0 Å². The second-order valence-corrected chi connectivity index (χ2v) is 6.92. The molecule has 0 saturated carbocycles. The third-order valence-corrected chi connectivity index (χ3v) is 3.99. The Balaban J connectivity index is 2.30. The number of ether oxygens (including phenoxy) is 1. The van der Waals surface area contributed by atoms with Gasteiger partial charge in [-0.3, -0.25) is 0 Å². The van der Waals surface area contributed by atoms with Crippen LogP contribution in [0.3, 0.4) is 0 Å². The molecule has 0 bridgehead atoms. The van der Waals surface area contributed by atoms with Crippen molar-refractivity contribution in [1.29, 1.82) is 0 Å². The Morgan fingerprint density at radius 3 is 2.50 bits per heavy atom. The van der Waals surface area contributed by atoms with Gasteiger partial charge in [0.2, 0.25) is 0 Å². The van der Waals surface area contributed by atoms with Crippen LogP contribution in [0.4, 0.5) is 0 Å². The summed E-state index contributed by atoms with van der Waals surface area (Å²) < 4.78 is 5.71.